The predicted molar refractivity (Wildman–Crippen MR) is 99.3 cm³/mol. The van der Waals surface area contributed by atoms with Crippen LogP contribution in [0.3, 0.4) is 0 Å². The van der Waals surface area contributed by atoms with Gasteiger partial charge in [0, 0.05) is 6.61 Å². The van der Waals surface area contributed by atoms with Crippen molar-refractivity contribution in [3.8, 4) is 0 Å². The van der Waals surface area contributed by atoms with Crippen molar-refractivity contribution in [2.75, 3.05) is 6.61 Å². The van der Waals surface area contributed by atoms with Crippen molar-refractivity contribution < 1.29 is 14.3 Å². The molecule has 4 atom stereocenters. The normalized spacial score (nSPS) is 32.9. The van der Waals surface area contributed by atoms with Gasteiger partial charge < -0.3 is 15.2 Å². The molecule has 1 aliphatic heterocycles. The molecule has 2 N–H and O–H groups in total. The minimum Gasteiger partial charge on any atom is -0.459 e. The quantitative estimate of drug-likeness (QED) is 0.744. The maximum absolute atomic E-state index is 12.1. The molecule has 0 aromatic rings. The van der Waals surface area contributed by atoms with Crippen LogP contribution in [0.5, 0.6) is 0 Å². The highest BCUT2D eigenvalue weighted by atomic mass is 35.5. The highest BCUT2D eigenvalue weighted by molar-refractivity contribution is 5.85. The Bertz CT molecular complexity index is 361. The van der Waals surface area contributed by atoms with Crippen LogP contribution in [0.1, 0.15) is 78.1 Å². The van der Waals surface area contributed by atoms with Gasteiger partial charge in [-0.1, -0.05) is 45.4 Å². The molecular weight excluding hydrogens is 326 g/mol. The molecule has 0 amide bonds. The average molecular weight is 362 g/mol. The molecule has 0 unspecified atom stereocenters. The highest BCUT2D eigenvalue weighted by Crippen LogP contribution is 2.35. The van der Waals surface area contributed by atoms with Crippen molar-refractivity contribution >= 4 is 18.4 Å². The van der Waals surface area contributed by atoms with E-state index in [1.165, 1.54) is 38.5 Å². The monoisotopic (exact) mass is 361 g/mol. The second-order valence-electron chi connectivity index (χ2n) is 7.51. The van der Waals surface area contributed by atoms with Crippen LogP contribution in [0, 0.1) is 11.8 Å². The van der Waals surface area contributed by atoms with Crippen LogP contribution in [-0.4, -0.2) is 30.8 Å². The van der Waals surface area contributed by atoms with Crippen molar-refractivity contribution in [3.63, 3.8) is 0 Å². The Morgan fingerprint density at radius 3 is 2.42 bits per heavy atom. The van der Waals surface area contributed by atoms with E-state index in [0.717, 1.165) is 38.2 Å². The number of hydrogen-bond acceptors (Lipinski definition) is 4. The third-order valence-corrected chi connectivity index (χ3v) is 5.50. The van der Waals surface area contributed by atoms with Gasteiger partial charge >= 0.3 is 5.97 Å². The molecule has 0 aromatic carbocycles. The van der Waals surface area contributed by atoms with Gasteiger partial charge in [0.25, 0.3) is 0 Å². The van der Waals surface area contributed by atoms with Gasteiger partial charge in [-0.15, -0.1) is 12.4 Å². The van der Waals surface area contributed by atoms with Gasteiger partial charge in [-0.2, -0.15) is 0 Å². The molecule has 1 heterocycles. The molecule has 24 heavy (non-hydrogen) atoms. The van der Waals surface area contributed by atoms with E-state index in [4.69, 9.17) is 15.2 Å². The zero-order chi connectivity index (χ0) is 16.7. The minimum atomic E-state index is -0.476. The number of cyclic esters (lactones) is 1. The molecule has 0 aromatic heterocycles. The largest absolute Gasteiger partial charge is 0.459 e. The zero-order valence-corrected chi connectivity index (χ0v) is 16.2. The van der Waals surface area contributed by atoms with Gasteiger partial charge in [0.15, 0.2) is 0 Å². The second-order valence-corrected chi connectivity index (χ2v) is 7.51. The smallest absolute Gasteiger partial charge is 0.323 e. The molecule has 4 nitrogen and oxygen atoms in total. The molecular formula is C19H36ClNO3. The summed E-state index contributed by atoms with van der Waals surface area (Å²) >= 11 is 0. The van der Waals surface area contributed by atoms with Crippen LogP contribution in [-0.2, 0) is 14.3 Å². The minimum absolute atomic E-state index is 0. The first-order chi connectivity index (χ1) is 11.1. The Hall–Kier alpha value is -0.320. The fourth-order valence-electron chi connectivity index (χ4n) is 4.23. The summed E-state index contributed by atoms with van der Waals surface area (Å²) in [6.45, 7) is 4.84. The number of carbonyl (C=O) groups excluding carboxylic acids is 1. The summed E-state index contributed by atoms with van der Waals surface area (Å²) in [7, 11) is 0. The van der Waals surface area contributed by atoms with Gasteiger partial charge in [-0.25, -0.2) is 0 Å². The lowest BCUT2D eigenvalue weighted by molar-refractivity contribution is -0.162. The zero-order valence-electron chi connectivity index (χ0n) is 15.4. The summed E-state index contributed by atoms with van der Waals surface area (Å²) in [5, 5.41) is 0. The number of esters is 1. The number of rotatable bonds is 5. The number of ether oxygens (including phenoxy) is 2. The van der Waals surface area contributed by atoms with Crippen molar-refractivity contribution in [2.45, 2.75) is 96.3 Å². The molecule has 0 bridgehead atoms. The molecule has 5 heteroatoms. The van der Waals surface area contributed by atoms with Crippen molar-refractivity contribution in [1.29, 1.82) is 0 Å². The summed E-state index contributed by atoms with van der Waals surface area (Å²) in [5.41, 5.74) is 5.93. The molecule has 2 aliphatic rings. The van der Waals surface area contributed by atoms with Crippen molar-refractivity contribution in [2.24, 2.45) is 17.6 Å². The first-order valence-corrected chi connectivity index (χ1v) is 9.69. The molecule has 1 saturated heterocycles. The van der Waals surface area contributed by atoms with E-state index in [1.807, 2.05) is 6.92 Å². The Labute approximate surface area is 153 Å². The van der Waals surface area contributed by atoms with Crippen LogP contribution in [0.15, 0.2) is 0 Å². The lowest BCUT2D eigenvalue weighted by atomic mass is 9.83. The lowest BCUT2D eigenvalue weighted by Gasteiger charge is -2.34. The van der Waals surface area contributed by atoms with Gasteiger partial charge in [-0.05, 0) is 44.4 Å². The molecule has 0 radical (unpaired) electrons. The third kappa shape index (κ3) is 6.53. The number of carbonyl (C=O) groups is 1. The van der Waals surface area contributed by atoms with Gasteiger partial charge in [0.2, 0.25) is 0 Å². The number of nitrogens with two attached hydrogens (primary N) is 1. The van der Waals surface area contributed by atoms with E-state index in [-0.39, 0.29) is 30.6 Å². The summed E-state index contributed by atoms with van der Waals surface area (Å²) in [6.07, 6.45) is 11.5. The molecule has 2 fully saturated rings. The summed E-state index contributed by atoms with van der Waals surface area (Å²) in [4.78, 5) is 12.1. The van der Waals surface area contributed by atoms with Crippen LogP contribution in [0.4, 0.5) is 0 Å². The van der Waals surface area contributed by atoms with E-state index in [2.05, 4.69) is 6.92 Å². The maximum Gasteiger partial charge on any atom is 0.323 e. The first-order valence-electron chi connectivity index (χ1n) is 9.69. The second kappa shape index (κ2) is 11.3. The molecule has 2 rings (SSSR count). The van der Waals surface area contributed by atoms with Gasteiger partial charge in [0.1, 0.15) is 12.1 Å². The van der Waals surface area contributed by atoms with E-state index in [1.54, 1.807) is 0 Å². The van der Waals surface area contributed by atoms with Gasteiger partial charge in [-0.3, -0.25) is 4.79 Å². The van der Waals surface area contributed by atoms with E-state index in [0.29, 0.717) is 5.92 Å². The van der Waals surface area contributed by atoms with Crippen LogP contribution < -0.4 is 5.73 Å². The molecule has 1 saturated carbocycles. The van der Waals surface area contributed by atoms with E-state index >= 15 is 0 Å². The van der Waals surface area contributed by atoms with Crippen molar-refractivity contribution in [3.05, 3.63) is 0 Å². The first kappa shape index (κ1) is 21.7. The van der Waals surface area contributed by atoms with E-state index in [9.17, 15) is 4.79 Å². The van der Waals surface area contributed by atoms with Crippen LogP contribution in [0.25, 0.3) is 0 Å². The van der Waals surface area contributed by atoms with Crippen molar-refractivity contribution in [1.82, 2.24) is 0 Å². The summed E-state index contributed by atoms with van der Waals surface area (Å²) < 4.78 is 11.8. The lowest BCUT2D eigenvalue weighted by Crippen LogP contribution is -2.43. The Kier molecular flexibility index (Phi) is 10.3. The third-order valence-electron chi connectivity index (χ3n) is 5.50. The van der Waals surface area contributed by atoms with E-state index < -0.39 is 6.04 Å². The molecule has 1 aliphatic carbocycles. The fraction of sp³-hybridized carbons (Fsp3) is 0.947. The molecule has 142 valence electrons. The maximum atomic E-state index is 12.1. The fourth-order valence-corrected chi connectivity index (χ4v) is 4.23. The predicted octanol–water partition coefficient (Wildman–Crippen LogP) is 4.23. The highest BCUT2D eigenvalue weighted by Gasteiger charge is 2.34. The Morgan fingerprint density at radius 2 is 1.75 bits per heavy atom. The van der Waals surface area contributed by atoms with Gasteiger partial charge in [0.05, 0.1) is 6.10 Å². The van der Waals surface area contributed by atoms with Crippen LogP contribution >= 0.6 is 12.4 Å². The molecule has 0 spiro atoms. The number of halogens is 1. The van der Waals surface area contributed by atoms with Crippen LogP contribution in [0.2, 0.25) is 0 Å². The topological polar surface area (TPSA) is 61.5 Å². The Balaban J connectivity index is 0.00000288. The average Bonchev–Trinajstić information content (AvgIpc) is 3.03. The summed E-state index contributed by atoms with van der Waals surface area (Å²) in [5.74, 6) is 1.08. The Morgan fingerprint density at radius 1 is 1.12 bits per heavy atom. The summed E-state index contributed by atoms with van der Waals surface area (Å²) in [6, 6.07) is -0.476. The number of hydrogen-bond donors (Lipinski definition) is 1. The SMILES string of the molecule is CCCO[C@@H]1[C@@H](CC2CCCC2)CCCC[C@H](N)C(=O)O[C@H]1C.Cl. The standard InChI is InChI=1S/C19H35NO3.ClH/c1-3-12-22-18-14(2)23-19(21)17(20)11-7-6-10-16(18)13-15-8-4-5-9-15;/h14-18H,3-13,20H2,1-2H3;1H/t14-,16+,17-,18-;/m0./s1.